The number of aliphatic carboxylic acids is 1. The molecule has 2 rings (SSSR count). The first-order valence-corrected chi connectivity index (χ1v) is 7.28. The average molecular weight is 293 g/mol. The molecule has 1 heterocycles. The third kappa shape index (κ3) is 2.10. The highest BCUT2D eigenvalue weighted by Crippen LogP contribution is 2.34. The van der Waals surface area contributed by atoms with Crippen molar-refractivity contribution in [2.45, 2.75) is 24.6 Å². The first kappa shape index (κ1) is 14.6. The Labute approximate surface area is 121 Å². The van der Waals surface area contributed by atoms with Crippen molar-refractivity contribution in [2.75, 3.05) is 6.26 Å². The summed E-state index contributed by atoms with van der Waals surface area (Å²) in [4.78, 5) is 37.1. The maximum Gasteiger partial charge on any atom is 0.328 e. The first-order chi connectivity index (χ1) is 9.31. The van der Waals surface area contributed by atoms with Crippen molar-refractivity contribution in [2.24, 2.45) is 0 Å². The van der Waals surface area contributed by atoms with Gasteiger partial charge in [-0.2, -0.15) is 11.8 Å². The minimum absolute atomic E-state index is 0.264. The maximum absolute atomic E-state index is 12.3. The molecule has 1 aliphatic rings. The van der Waals surface area contributed by atoms with Crippen molar-refractivity contribution >= 4 is 29.5 Å². The van der Waals surface area contributed by atoms with Gasteiger partial charge in [0.2, 0.25) is 0 Å². The Balaban J connectivity index is 2.51. The lowest BCUT2D eigenvalue weighted by Gasteiger charge is -2.34. The maximum atomic E-state index is 12.3. The zero-order chi connectivity index (χ0) is 15.1. The van der Waals surface area contributed by atoms with Gasteiger partial charge in [0.25, 0.3) is 11.8 Å². The average Bonchev–Trinajstić information content (AvgIpc) is 2.64. The molecule has 0 bridgehead atoms. The summed E-state index contributed by atoms with van der Waals surface area (Å²) >= 11 is 1.31. The standard InChI is InChI=1S/C14H15NO4S/c1-14(2,20-3)10(13(18)19)15-11(16)8-6-4-5-7-9(8)12(15)17/h4-7,10H,1-3H3,(H,18,19)/t10-/m1/s1. The van der Waals surface area contributed by atoms with Gasteiger partial charge in [-0.25, -0.2) is 4.79 Å². The SMILES string of the molecule is CSC(C)(C)[C@@H](C(=O)O)N1C(=O)c2ccccc2C1=O. The Morgan fingerprint density at radius 3 is 2.00 bits per heavy atom. The van der Waals surface area contributed by atoms with Crippen LogP contribution in [0.3, 0.4) is 0 Å². The molecule has 0 saturated carbocycles. The quantitative estimate of drug-likeness (QED) is 0.858. The normalized spacial score (nSPS) is 16.2. The van der Waals surface area contributed by atoms with Gasteiger partial charge in [0.1, 0.15) is 0 Å². The lowest BCUT2D eigenvalue weighted by molar-refractivity contribution is -0.142. The number of carbonyl (C=O) groups excluding carboxylic acids is 2. The molecule has 1 N–H and O–H groups in total. The molecule has 1 aromatic carbocycles. The van der Waals surface area contributed by atoms with E-state index in [-0.39, 0.29) is 11.1 Å². The van der Waals surface area contributed by atoms with Gasteiger partial charge in [0, 0.05) is 4.75 Å². The number of nitrogens with zero attached hydrogens (tertiary/aromatic N) is 1. The number of thioether (sulfide) groups is 1. The molecule has 1 aromatic rings. The largest absolute Gasteiger partial charge is 0.480 e. The van der Waals surface area contributed by atoms with Crippen molar-refractivity contribution in [3.05, 3.63) is 35.4 Å². The van der Waals surface area contributed by atoms with Gasteiger partial charge in [-0.15, -0.1) is 0 Å². The van der Waals surface area contributed by atoms with Gasteiger partial charge in [0.05, 0.1) is 11.1 Å². The minimum Gasteiger partial charge on any atom is -0.480 e. The van der Waals surface area contributed by atoms with E-state index in [1.165, 1.54) is 11.8 Å². The van der Waals surface area contributed by atoms with Crippen LogP contribution < -0.4 is 0 Å². The second-order valence-corrected chi connectivity index (χ2v) is 6.53. The van der Waals surface area contributed by atoms with Gasteiger partial charge >= 0.3 is 5.97 Å². The number of hydrogen-bond acceptors (Lipinski definition) is 4. The summed E-state index contributed by atoms with van der Waals surface area (Å²) in [6.07, 6.45) is 1.76. The summed E-state index contributed by atoms with van der Waals surface area (Å²) in [7, 11) is 0. The number of fused-ring (bicyclic) bond motifs is 1. The fraction of sp³-hybridized carbons (Fsp3) is 0.357. The Hall–Kier alpha value is -1.82. The molecule has 6 heteroatoms. The van der Waals surface area contributed by atoms with E-state index in [9.17, 15) is 19.5 Å². The zero-order valence-corrected chi connectivity index (χ0v) is 12.2. The summed E-state index contributed by atoms with van der Waals surface area (Å²) in [5.74, 6) is -2.26. The van der Waals surface area contributed by atoms with Crippen LogP contribution in [-0.2, 0) is 4.79 Å². The smallest absolute Gasteiger partial charge is 0.328 e. The summed E-state index contributed by atoms with van der Waals surface area (Å²) in [5.41, 5.74) is 0.529. The van der Waals surface area contributed by atoms with Crippen LogP contribution in [0, 0.1) is 0 Å². The van der Waals surface area contributed by atoms with Gasteiger partial charge in [-0.05, 0) is 32.2 Å². The molecular formula is C14H15NO4S. The molecule has 0 fully saturated rings. The van der Waals surface area contributed by atoms with Crippen molar-refractivity contribution < 1.29 is 19.5 Å². The second kappa shape index (κ2) is 4.94. The van der Waals surface area contributed by atoms with Gasteiger partial charge < -0.3 is 5.11 Å². The van der Waals surface area contributed by atoms with Crippen LogP contribution in [0.25, 0.3) is 0 Å². The molecule has 2 amide bonds. The summed E-state index contributed by atoms with van der Waals surface area (Å²) < 4.78 is -0.779. The molecule has 0 aromatic heterocycles. The van der Waals surface area contributed by atoms with Crippen LogP contribution in [0.5, 0.6) is 0 Å². The summed E-state index contributed by atoms with van der Waals surface area (Å²) in [5, 5.41) is 9.46. The van der Waals surface area contributed by atoms with E-state index in [4.69, 9.17) is 0 Å². The molecule has 0 saturated heterocycles. The van der Waals surface area contributed by atoms with Crippen LogP contribution in [0.4, 0.5) is 0 Å². The Morgan fingerprint density at radius 2 is 1.65 bits per heavy atom. The molecule has 5 nitrogen and oxygen atoms in total. The molecular weight excluding hydrogens is 278 g/mol. The topological polar surface area (TPSA) is 74.7 Å². The minimum atomic E-state index is -1.20. The lowest BCUT2D eigenvalue weighted by Crippen LogP contribution is -2.54. The molecule has 1 aliphatic heterocycles. The van der Waals surface area contributed by atoms with E-state index >= 15 is 0 Å². The number of rotatable bonds is 4. The van der Waals surface area contributed by atoms with E-state index in [1.54, 1.807) is 44.4 Å². The van der Waals surface area contributed by atoms with E-state index in [2.05, 4.69) is 0 Å². The fourth-order valence-corrected chi connectivity index (χ4v) is 2.70. The molecule has 0 radical (unpaired) electrons. The van der Waals surface area contributed by atoms with Crippen molar-refractivity contribution in [1.82, 2.24) is 4.90 Å². The van der Waals surface area contributed by atoms with Crippen molar-refractivity contribution in [3.63, 3.8) is 0 Å². The number of carboxylic acid groups (broad SMARTS) is 1. The van der Waals surface area contributed by atoms with Gasteiger partial charge in [-0.1, -0.05) is 12.1 Å². The van der Waals surface area contributed by atoms with E-state index < -0.39 is 28.6 Å². The molecule has 20 heavy (non-hydrogen) atoms. The summed E-state index contributed by atoms with van der Waals surface area (Å²) in [6, 6.07) is 5.19. The number of carboxylic acids is 1. The van der Waals surface area contributed by atoms with Gasteiger partial charge in [-0.3, -0.25) is 14.5 Å². The molecule has 0 aliphatic carbocycles. The molecule has 0 unspecified atom stereocenters. The van der Waals surface area contributed by atoms with Crippen LogP contribution in [0.2, 0.25) is 0 Å². The summed E-state index contributed by atoms with van der Waals surface area (Å²) in [6.45, 7) is 3.42. The number of hydrogen-bond donors (Lipinski definition) is 1. The molecule has 106 valence electrons. The predicted molar refractivity (Wildman–Crippen MR) is 76.0 cm³/mol. The highest BCUT2D eigenvalue weighted by molar-refractivity contribution is 8.00. The number of imide groups is 1. The number of amides is 2. The number of benzene rings is 1. The van der Waals surface area contributed by atoms with E-state index in [0.29, 0.717) is 0 Å². The third-order valence-corrected chi connectivity index (χ3v) is 4.78. The predicted octanol–water partition coefficient (Wildman–Crippen LogP) is 1.88. The lowest BCUT2D eigenvalue weighted by atomic mass is 10.0. The van der Waals surface area contributed by atoms with Crippen LogP contribution in [0.15, 0.2) is 24.3 Å². The highest BCUT2D eigenvalue weighted by Gasteiger charge is 2.49. The first-order valence-electron chi connectivity index (χ1n) is 6.06. The van der Waals surface area contributed by atoms with Crippen LogP contribution >= 0.6 is 11.8 Å². The Kier molecular flexibility index (Phi) is 3.60. The monoisotopic (exact) mass is 293 g/mol. The Bertz CT molecular complexity index is 562. The van der Waals surface area contributed by atoms with Crippen molar-refractivity contribution in [3.8, 4) is 0 Å². The Morgan fingerprint density at radius 1 is 1.20 bits per heavy atom. The molecule has 1 atom stereocenters. The molecule has 0 spiro atoms. The zero-order valence-electron chi connectivity index (χ0n) is 11.4. The number of carbonyl (C=O) groups is 3. The fourth-order valence-electron chi connectivity index (χ4n) is 2.27. The van der Waals surface area contributed by atoms with E-state index in [1.807, 2.05) is 0 Å². The van der Waals surface area contributed by atoms with Crippen LogP contribution in [-0.4, -0.2) is 44.8 Å². The third-order valence-electron chi connectivity index (χ3n) is 3.50. The van der Waals surface area contributed by atoms with Crippen LogP contribution in [0.1, 0.15) is 34.6 Å². The van der Waals surface area contributed by atoms with Gasteiger partial charge in [0.15, 0.2) is 6.04 Å². The van der Waals surface area contributed by atoms with Crippen molar-refractivity contribution in [1.29, 1.82) is 0 Å². The highest BCUT2D eigenvalue weighted by atomic mass is 32.2. The van der Waals surface area contributed by atoms with E-state index in [0.717, 1.165) is 4.90 Å². The second-order valence-electron chi connectivity index (χ2n) is 5.07.